The molecule has 0 saturated heterocycles. The molecule has 4 rings (SSSR count). The minimum absolute atomic E-state index is 0.0718. The Morgan fingerprint density at radius 3 is 2.67 bits per heavy atom. The molecule has 0 spiro atoms. The Balaban J connectivity index is 1.31. The molecule has 3 heterocycles. The molecule has 12 heteroatoms. The van der Waals surface area contributed by atoms with Gasteiger partial charge in [-0.2, -0.15) is 16.3 Å². The molecule has 1 aromatic carbocycles. The molecule has 9 nitrogen and oxygen atoms in total. The van der Waals surface area contributed by atoms with E-state index in [9.17, 15) is 13.2 Å². The van der Waals surface area contributed by atoms with E-state index >= 15 is 0 Å². The van der Waals surface area contributed by atoms with Gasteiger partial charge in [-0.15, -0.1) is 11.3 Å². The lowest BCUT2D eigenvalue weighted by molar-refractivity contribution is -0.116. The fraction of sp³-hybridized carbons (Fsp3) is 0.111. The molecule has 30 heavy (non-hydrogen) atoms. The van der Waals surface area contributed by atoms with Gasteiger partial charge in [0, 0.05) is 41.0 Å². The topological polar surface area (TPSA) is 127 Å². The number of rotatable bonds is 8. The highest BCUT2D eigenvalue weighted by Crippen LogP contribution is 2.21. The molecule has 0 fully saturated rings. The molecular weight excluding hydrogens is 446 g/mol. The number of nitrogens with zero attached hydrogens (tertiary/aromatic N) is 3. The SMILES string of the molecule is O=C(CCc1nc(-c2ccsc2)no1)Nc1ccc(S(=O)(=O)Nc2nccs2)cc1. The molecule has 0 unspecified atom stereocenters. The molecule has 4 aromatic rings. The van der Waals surface area contributed by atoms with E-state index in [-0.39, 0.29) is 22.4 Å². The predicted molar refractivity (Wildman–Crippen MR) is 114 cm³/mol. The highest BCUT2D eigenvalue weighted by molar-refractivity contribution is 7.93. The lowest BCUT2D eigenvalue weighted by atomic mass is 10.2. The molecule has 3 aromatic heterocycles. The molecule has 1 amide bonds. The minimum atomic E-state index is -3.73. The summed E-state index contributed by atoms with van der Waals surface area (Å²) in [6.07, 6.45) is 1.96. The third-order valence-corrected chi connectivity index (χ3v) is 6.77. The Hall–Kier alpha value is -3.09. The number of carbonyl (C=O) groups excluding carboxylic acids is 1. The van der Waals surface area contributed by atoms with E-state index < -0.39 is 10.0 Å². The van der Waals surface area contributed by atoms with Crippen LogP contribution < -0.4 is 10.0 Å². The zero-order chi connectivity index (χ0) is 21.0. The van der Waals surface area contributed by atoms with Crippen LogP contribution in [0.4, 0.5) is 10.8 Å². The third-order valence-electron chi connectivity index (χ3n) is 3.92. The molecule has 0 atom stereocenters. The average Bonchev–Trinajstić information content (AvgIpc) is 3.48. The average molecular weight is 462 g/mol. The fourth-order valence-electron chi connectivity index (χ4n) is 2.47. The highest BCUT2D eigenvalue weighted by Gasteiger charge is 2.16. The van der Waals surface area contributed by atoms with Crippen molar-refractivity contribution in [2.75, 3.05) is 10.0 Å². The van der Waals surface area contributed by atoms with Crippen LogP contribution in [-0.2, 0) is 21.2 Å². The number of benzene rings is 1. The van der Waals surface area contributed by atoms with E-state index in [0.717, 1.165) is 5.56 Å². The van der Waals surface area contributed by atoms with Crippen molar-refractivity contribution in [3.8, 4) is 11.4 Å². The zero-order valence-electron chi connectivity index (χ0n) is 15.3. The number of anilines is 2. The van der Waals surface area contributed by atoms with Crippen molar-refractivity contribution in [1.29, 1.82) is 0 Å². The fourth-order valence-corrected chi connectivity index (χ4v) is 4.90. The molecule has 0 radical (unpaired) electrons. The lowest BCUT2D eigenvalue weighted by Gasteiger charge is -2.07. The van der Waals surface area contributed by atoms with Gasteiger partial charge in [-0.3, -0.25) is 9.52 Å². The van der Waals surface area contributed by atoms with Gasteiger partial charge in [0.05, 0.1) is 4.90 Å². The highest BCUT2D eigenvalue weighted by atomic mass is 32.2. The quantitative estimate of drug-likeness (QED) is 0.410. The summed E-state index contributed by atoms with van der Waals surface area (Å²) in [4.78, 5) is 20.4. The number of thiazole rings is 1. The Kier molecular flexibility index (Phi) is 5.88. The van der Waals surface area contributed by atoms with Crippen LogP contribution in [0.25, 0.3) is 11.4 Å². The summed E-state index contributed by atoms with van der Waals surface area (Å²) >= 11 is 2.72. The predicted octanol–water partition coefficient (Wildman–Crippen LogP) is 3.63. The van der Waals surface area contributed by atoms with Crippen LogP contribution in [0.3, 0.4) is 0 Å². The molecule has 0 aliphatic carbocycles. The van der Waals surface area contributed by atoms with Crippen molar-refractivity contribution in [2.24, 2.45) is 0 Å². The first kappa shape index (κ1) is 20.2. The van der Waals surface area contributed by atoms with Crippen LogP contribution in [0, 0.1) is 0 Å². The first-order valence-electron chi connectivity index (χ1n) is 8.67. The summed E-state index contributed by atoms with van der Waals surface area (Å²) < 4.78 is 32.2. The summed E-state index contributed by atoms with van der Waals surface area (Å²) in [5, 5.41) is 12.4. The summed E-state index contributed by atoms with van der Waals surface area (Å²) in [6, 6.07) is 7.76. The normalized spacial score (nSPS) is 11.3. The van der Waals surface area contributed by atoms with Gasteiger partial charge < -0.3 is 9.84 Å². The summed E-state index contributed by atoms with van der Waals surface area (Å²) in [7, 11) is -3.73. The van der Waals surface area contributed by atoms with E-state index in [4.69, 9.17) is 4.52 Å². The van der Waals surface area contributed by atoms with E-state index in [0.29, 0.717) is 23.8 Å². The Labute approximate surface area is 179 Å². The number of nitrogens with one attached hydrogen (secondary N) is 2. The third kappa shape index (κ3) is 4.90. The van der Waals surface area contributed by atoms with E-state index in [2.05, 4.69) is 25.2 Å². The maximum atomic E-state index is 12.3. The Morgan fingerprint density at radius 1 is 1.13 bits per heavy atom. The molecule has 0 aliphatic heterocycles. The smallest absolute Gasteiger partial charge is 0.263 e. The monoisotopic (exact) mass is 461 g/mol. The lowest BCUT2D eigenvalue weighted by Crippen LogP contribution is -2.14. The number of hydrogen-bond donors (Lipinski definition) is 2. The number of amides is 1. The maximum Gasteiger partial charge on any atom is 0.263 e. The van der Waals surface area contributed by atoms with Crippen molar-refractivity contribution >= 4 is 49.4 Å². The number of hydrogen-bond acceptors (Lipinski definition) is 9. The van der Waals surface area contributed by atoms with Gasteiger partial charge in [-0.25, -0.2) is 13.4 Å². The van der Waals surface area contributed by atoms with Crippen molar-refractivity contribution in [3.05, 3.63) is 58.6 Å². The zero-order valence-corrected chi connectivity index (χ0v) is 17.8. The van der Waals surface area contributed by atoms with E-state index in [1.54, 1.807) is 5.38 Å². The van der Waals surface area contributed by atoms with E-state index in [1.165, 1.54) is 53.1 Å². The Morgan fingerprint density at radius 2 is 1.97 bits per heavy atom. The second-order valence-corrected chi connectivity index (χ2v) is 9.40. The molecule has 0 bridgehead atoms. The van der Waals surface area contributed by atoms with Gasteiger partial charge in [0.15, 0.2) is 5.13 Å². The summed E-state index contributed by atoms with van der Waals surface area (Å²) in [6.45, 7) is 0. The molecule has 2 N–H and O–H groups in total. The van der Waals surface area contributed by atoms with Crippen molar-refractivity contribution in [3.63, 3.8) is 0 Å². The van der Waals surface area contributed by atoms with Crippen LogP contribution >= 0.6 is 22.7 Å². The second-order valence-electron chi connectivity index (χ2n) is 6.04. The van der Waals surface area contributed by atoms with Gasteiger partial charge >= 0.3 is 0 Å². The number of thiophene rings is 1. The maximum absolute atomic E-state index is 12.3. The first-order chi connectivity index (χ1) is 14.5. The largest absolute Gasteiger partial charge is 0.339 e. The molecule has 154 valence electrons. The number of carbonyl (C=O) groups is 1. The van der Waals surface area contributed by atoms with Gasteiger partial charge in [-0.1, -0.05) is 5.16 Å². The van der Waals surface area contributed by atoms with Gasteiger partial charge in [0.25, 0.3) is 10.0 Å². The molecular formula is C18H15N5O4S3. The van der Waals surface area contributed by atoms with Gasteiger partial charge in [0.1, 0.15) is 0 Å². The van der Waals surface area contributed by atoms with Gasteiger partial charge in [-0.05, 0) is 35.7 Å². The standard InChI is InChI=1S/C18H15N5O4S3/c24-15(5-6-16-21-17(22-27-16)12-7-9-28-11-12)20-13-1-3-14(4-2-13)30(25,26)23-18-19-8-10-29-18/h1-4,7-11H,5-6H2,(H,19,23)(H,20,24). The van der Waals surface area contributed by atoms with Crippen molar-refractivity contribution in [1.82, 2.24) is 15.1 Å². The second kappa shape index (κ2) is 8.73. The first-order valence-corrected chi connectivity index (χ1v) is 12.0. The Bertz CT molecular complexity index is 1220. The molecule has 0 saturated carbocycles. The van der Waals surface area contributed by atoms with Crippen LogP contribution in [0.1, 0.15) is 12.3 Å². The van der Waals surface area contributed by atoms with Crippen LogP contribution in [0.5, 0.6) is 0 Å². The van der Waals surface area contributed by atoms with Crippen LogP contribution in [0.2, 0.25) is 0 Å². The van der Waals surface area contributed by atoms with Crippen molar-refractivity contribution < 1.29 is 17.7 Å². The number of sulfonamides is 1. The molecule has 0 aliphatic rings. The van der Waals surface area contributed by atoms with Gasteiger partial charge in [0.2, 0.25) is 17.6 Å². The summed E-state index contributed by atoms with van der Waals surface area (Å²) in [5.41, 5.74) is 1.36. The van der Waals surface area contributed by atoms with Crippen LogP contribution in [-0.4, -0.2) is 29.4 Å². The minimum Gasteiger partial charge on any atom is -0.339 e. The number of aromatic nitrogens is 3. The van der Waals surface area contributed by atoms with E-state index in [1.807, 2.05) is 16.8 Å². The summed E-state index contributed by atoms with van der Waals surface area (Å²) in [5.74, 6) is 0.623. The van der Waals surface area contributed by atoms with Crippen molar-refractivity contribution in [2.45, 2.75) is 17.7 Å². The number of aryl methyl sites for hydroxylation is 1. The van der Waals surface area contributed by atoms with Crippen LogP contribution in [0.15, 0.2) is 62.1 Å².